The zero-order chi connectivity index (χ0) is 26.5. The molecule has 1 unspecified atom stereocenters. The predicted octanol–water partition coefficient (Wildman–Crippen LogP) is 4.86. The first-order chi connectivity index (χ1) is 17.8. The molecule has 0 fully saturated rings. The van der Waals surface area contributed by atoms with E-state index in [0.29, 0.717) is 62.1 Å². The molecule has 0 spiro atoms. The van der Waals surface area contributed by atoms with Crippen molar-refractivity contribution in [3.05, 3.63) is 87.4 Å². The summed E-state index contributed by atoms with van der Waals surface area (Å²) in [6, 6.07) is 18.4. The second kappa shape index (κ2) is 11.8. The number of aliphatic imine (C=N–C) groups is 1. The van der Waals surface area contributed by atoms with Crippen LogP contribution in [-0.4, -0.2) is 50.7 Å². The molecule has 7 nitrogen and oxygen atoms in total. The number of carbonyl (C=O) groups excluding carboxylic acids is 1. The monoisotopic (exact) mass is 556 g/mol. The number of likely N-dealkylation sites (N-methyl/N-ethyl adjacent to an activating group) is 1. The number of benzodiazepines with no additional fused rings is 1. The zero-order valence-electron chi connectivity index (χ0n) is 20.5. The van der Waals surface area contributed by atoms with Gasteiger partial charge in [0.25, 0.3) is 5.91 Å². The summed E-state index contributed by atoms with van der Waals surface area (Å²) in [4.78, 5) is 19.7. The van der Waals surface area contributed by atoms with E-state index in [2.05, 4.69) is 10.6 Å². The number of amides is 1. The second-order valence-electron chi connectivity index (χ2n) is 8.26. The molecule has 1 aliphatic rings. The van der Waals surface area contributed by atoms with Gasteiger partial charge in [0.15, 0.2) is 16.6 Å². The number of fused-ring (bicyclic) bond motifs is 1. The van der Waals surface area contributed by atoms with Crippen molar-refractivity contribution in [2.45, 2.75) is 12.6 Å². The first kappa shape index (κ1) is 26.7. The molecule has 3 aromatic rings. The van der Waals surface area contributed by atoms with Crippen molar-refractivity contribution in [3.8, 4) is 11.5 Å². The van der Waals surface area contributed by atoms with Gasteiger partial charge in [0.2, 0.25) is 6.17 Å². The Morgan fingerprint density at radius 3 is 2.51 bits per heavy atom. The summed E-state index contributed by atoms with van der Waals surface area (Å²) in [6.07, 6.45) is -0.290. The third kappa shape index (κ3) is 5.98. The summed E-state index contributed by atoms with van der Waals surface area (Å²) in [5.41, 5.74) is 3.66. The van der Waals surface area contributed by atoms with Crippen LogP contribution in [0.2, 0.25) is 10.0 Å². The molecule has 1 aliphatic heterocycles. The highest BCUT2D eigenvalue weighted by atomic mass is 35.5. The van der Waals surface area contributed by atoms with E-state index in [1.54, 1.807) is 50.4 Å². The molecule has 192 valence electrons. The maximum Gasteiger partial charge on any atom is 0.272 e. The fourth-order valence-electron chi connectivity index (χ4n) is 4.04. The number of thiocarbonyl (C=S) groups is 1. The minimum Gasteiger partial charge on any atom is -0.493 e. The second-order valence-corrected chi connectivity index (χ2v) is 9.51. The van der Waals surface area contributed by atoms with Gasteiger partial charge in [-0.1, -0.05) is 47.5 Å². The van der Waals surface area contributed by atoms with E-state index in [1.165, 1.54) is 0 Å². The molecule has 0 aromatic heterocycles. The van der Waals surface area contributed by atoms with Crippen LogP contribution >= 0.6 is 35.4 Å². The van der Waals surface area contributed by atoms with Gasteiger partial charge in [-0.05, 0) is 60.6 Å². The van der Waals surface area contributed by atoms with Crippen LogP contribution in [0.4, 0.5) is 5.69 Å². The molecule has 0 radical (unpaired) electrons. The number of hydrogen-bond acceptors (Lipinski definition) is 5. The first-order valence-electron chi connectivity index (χ1n) is 11.5. The van der Waals surface area contributed by atoms with E-state index in [-0.39, 0.29) is 5.91 Å². The Bertz CT molecular complexity index is 1370. The average molecular weight is 558 g/mol. The van der Waals surface area contributed by atoms with Gasteiger partial charge in [-0.25, -0.2) is 4.99 Å². The summed E-state index contributed by atoms with van der Waals surface area (Å²) < 4.78 is 10.7. The van der Waals surface area contributed by atoms with Gasteiger partial charge in [0, 0.05) is 34.8 Å². The Balaban J connectivity index is 1.54. The third-order valence-electron chi connectivity index (χ3n) is 5.94. The topological polar surface area (TPSA) is 75.2 Å². The fraction of sp³-hybridized carbons (Fsp3) is 0.222. The molecule has 1 amide bonds. The Hall–Kier alpha value is -3.33. The van der Waals surface area contributed by atoms with Crippen LogP contribution in [0.1, 0.15) is 16.7 Å². The van der Waals surface area contributed by atoms with Crippen molar-refractivity contribution < 1.29 is 14.3 Å². The quantitative estimate of drug-likeness (QED) is 0.405. The third-order valence-corrected chi connectivity index (χ3v) is 6.77. The lowest BCUT2D eigenvalue weighted by molar-refractivity contribution is -0.119. The maximum atomic E-state index is 13.4. The number of methoxy groups -OCH3 is 2. The molecule has 2 N–H and O–H groups in total. The van der Waals surface area contributed by atoms with Crippen LogP contribution in [0.3, 0.4) is 0 Å². The molecule has 0 saturated heterocycles. The highest BCUT2D eigenvalue weighted by molar-refractivity contribution is 7.80. The standard InChI is InChI=1S/C27H26Cl2N4O3S/c1-33-21-10-9-17(28)15-19(21)24(18-6-4-5-7-20(18)29)31-25(26(33)34)32-27(37)30-13-12-16-8-11-22(35-2)23(14-16)36-3/h4-11,14-15,25H,12-13H2,1-3H3,(H2,30,32,37). The first-order valence-corrected chi connectivity index (χ1v) is 12.6. The van der Waals surface area contributed by atoms with Gasteiger partial charge in [-0.3, -0.25) is 4.79 Å². The Morgan fingerprint density at radius 2 is 1.78 bits per heavy atom. The van der Waals surface area contributed by atoms with E-state index in [9.17, 15) is 4.79 Å². The highest BCUT2D eigenvalue weighted by Gasteiger charge is 2.31. The molecular weight excluding hydrogens is 531 g/mol. The van der Waals surface area contributed by atoms with E-state index >= 15 is 0 Å². The lowest BCUT2D eigenvalue weighted by atomic mass is 10.00. The molecule has 0 bridgehead atoms. The Morgan fingerprint density at radius 1 is 1.03 bits per heavy atom. The van der Waals surface area contributed by atoms with Crippen LogP contribution in [0.15, 0.2) is 65.7 Å². The molecule has 4 rings (SSSR count). The molecule has 10 heteroatoms. The summed E-state index contributed by atoms with van der Waals surface area (Å²) in [5, 5.41) is 7.56. The van der Waals surface area contributed by atoms with E-state index in [4.69, 9.17) is 49.9 Å². The van der Waals surface area contributed by atoms with E-state index < -0.39 is 6.17 Å². The summed E-state index contributed by atoms with van der Waals surface area (Å²) in [6.45, 7) is 0.537. The molecule has 1 atom stereocenters. The van der Waals surface area contributed by atoms with Gasteiger partial charge in [-0.2, -0.15) is 0 Å². The molecular formula is C27H26Cl2N4O3S. The van der Waals surface area contributed by atoms with Crippen molar-refractivity contribution >= 4 is 57.8 Å². The number of nitrogens with one attached hydrogen (secondary N) is 2. The van der Waals surface area contributed by atoms with Crippen LogP contribution in [0.5, 0.6) is 11.5 Å². The largest absolute Gasteiger partial charge is 0.493 e. The van der Waals surface area contributed by atoms with Gasteiger partial charge in [0.1, 0.15) is 0 Å². The fourth-order valence-corrected chi connectivity index (χ4v) is 4.65. The van der Waals surface area contributed by atoms with Gasteiger partial charge in [0.05, 0.1) is 25.6 Å². The number of halogens is 2. The van der Waals surface area contributed by atoms with Crippen molar-refractivity contribution in [3.63, 3.8) is 0 Å². The molecule has 0 saturated carbocycles. The number of hydrogen-bond donors (Lipinski definition) is 2. The van der Waals surface area contributed by atoms with Crippen LogP contribution in [-0.2, 0) is 11.2 Å². The summed E-state index contributed by atoms with van der Waals surface area (Å²) >= 11 is 18.3. The SMILES string of the molecule is COc1ccc(CCNC(=S)NC2N=C(c3ccccc3Cl)c3cc(Cl)ccc3N(C)C2=O)cc1OC. The van der Waals surface area contributed by atoms with Crippen LogP contribution in [0, 0.1) is 0 Å². The van der Waals surface area contributed by atoms with Gasteiger partial charge in [-0.15, -0.1) is 0 Å². The molecule has 1 heterocycles. The normalized spacial score (nSPS) is 14.8. The van der Waals surface area contributed by atoms with E-state index in [1.807, 2.05) is 36.4 Å². The maximum absolute atomic E-state index is 13.4. The van der Waals surface area contributed by atoms with Crippen LogP contribution < -0.4 is 25.0 Å². The van der Waals surface area contributed by atoms with Crippen molar-refractivity contribution in [2.24, 2.45) is 4.99 Å². The van der Waals surface area contributed by atoms with Crippen molar-refractivity contribution in [1.82, 2.24) is 10.6 Å². The lowest BCUT2D eigenvalue weighted by Crippen LogP contribution is -2.49. The molecule has 37 heavy (non-hydrogen) atoms. The molecule has 3 aromatic carbocycles. The number of benzene rings is 3. The summed E-state index contributed by atoms with van der Waals surface area (Å²) in [5.74, 6) is 1.06. The summed E-state index contributed by atoms with van der Waals surface area (Å²) in [7, 11) is 4.90. The lowest BCUT2D eigenvalue weighted by Gasteiger charge is -2.22. The van der Waals surface area contributed by atoms with Gasteiger partial charge < -0.3 is 25.0 Å². The Labute approximate surface area is 231 Å². The van der Waals surface area contributed by atoms with Crippen molar-refractivity contribution in [1.29, 1.82) is 0 Å². The zero-order valence-corrected chi connectivity index (χ0v) is 22.9. The number of carbonyl (C=O) groups is 1. The number of rotatable bonds is 7. The van der Waals surface area contributed by atoms with Crippen LogP contribution in [0.25, 0.3) is 0 Å². The van der Waals surface area contributed by atoms with Crippen molar-refractivity contribution in [2.75, 3.05) is 32.7 Å². The van der Waals surface area contributed by atoms with E-state index in [0.717, 1.165) is 5.56 Å². The molecule has 0 aliphatic carbocycles. The number of nitrogens with zero attached hydrogens (tertiary/aromatic N) is 2. The predicted molar refractivity (Wildman–Crippen MR) is 153 cm³/mol. The number of ether oxygens (including phenoxy) is 2. The van der Waals surface area contributed by atoms with Gasteiger partial charge >= 0.3 is 0 Å². The Kier molecular flexibility index (Phi) is 8.53. The smallest absolute Gasteiger partial charge is 0.272 e. The number of anilines is 1. The average Bonchev–Trinajstić information content (AvgIpc) is 2.99. The highest BCUT2D eigenvalue weighted by Crippen LogP contribution is 2.32. The minimum absolute atomic E-state index is 0.269. The minimum atomic E-state index is -0.969.